The Balaban J connectivity index is 2.77. The van der Waals surface area contributed by atoms with Crippen molar-refractivity contribution in [3.05, 3.63) is 33.3 Å². The van der Waals surface area contributed by atoms with E-state index in [0.29, 0.717) is 0 Å². The molecule has 0 fully saturated rings. The number of rotatable bonds is 3. The number of aliphatic hydroxyl groups is 1. The van der Waals surface area contributed by atoms with Gasteiger partial charge in [0.1, 0.15) is 0 Å². The predicted molar refractivity (Wildman–Crippen MR) is 63.7 cm³/mol. The number of benzene rings is 1. The molecule has 14 heavy (non-hydrogen) atoms. The summed E-state index contributed by atoms with van der Waals surface area (Å²) in [5.74, 6) is 0.230. The normalized spacial score (nSPS) is 15.2. The Morgan fingerprint density at radius 1 is 1.43 bits per heavy atom. The molecule has 0 heterocycles. The fraction of sp³-hybridized carbons (Fsp3) is 0.455. The van der Waals surface area contributed by atoms with E-state index in [1.54, 1.807) is 6.92 Å². The Morgan fingerprint density at radius 3 is 2.57 bits per heavy atom. The average Bonchev–Trinajstić information content (AvgIpc) is 2.09. The lowest BCUT2D eigenvalue weighted by Crippen LogP contribution is -2.15. The van der Waals surface area contributed by atoms with Crippen molar-refractivity contribution in [1.82, 2.24) is 0 Å². The monoisotopic (exact) mass is 276 g/mol. The highest BCUT2D eigenvalue weighted by molar-refractivity contribution is 9.10. The van der Waals surface area contributed by atoms with Crippen LogP contribution in [0, 0.1) is 5.92 Å². The van der Waals surface area contributed by atoms with Crippen LogP contribution in [0.25, 0.3) is 0 Å². The molecule has 0 spiro atoms. The molecule has 0 saturated heterocycles. The number of hydrogen-bond donors (Lipinski definition) is 1. The molecule has 3 heteroatoms. The Kier molecular flexibility index (Phi) is 4.42. The van der Waals surface area contributed by atoms with Gasteiger partial charge >= 0.3 is 0 Å². The molecular formula is C11H14BrClO. The number of halogens is 2. The minimum absolute atomic E-state index is 0.230. The van der Waals surface area contributed by atoms with Crippen LogP contribution in [0.15, 0.2) is 22.7 Å². The van der Waals surface area contributed by atoms with Crippen molar-refractivity contribution >= 4 is 27.5 Å². The van der Waals surface area contributed by atoms with Gasteiger partial charge in [0.05, 0.1) is 6.10 Å². The molecule has 0 aliphatic carbocycles. The molecule has 78 valence electrons. The molecule has 1 aromatic carbocycles. The van der Waals surface area contributed by atoms with Crippen molar-refractivity contribution in [3.63, 3.8) is 0 Å². The van der Waals surface area contributed by atoms with E-state index in [0.717, 1.165) is 21.5 Å². The Bertz CT molecular complexity index is 312. The van der Waals surface area contributed by atoms with E-state index < -0.39 is 0 Å². The molecule has 0 radical (unpaired) electrons. The first kappa shape index (κ1) is 12.0. The summed E-state index contributed by atoms with van der Waals surface area (Å²) in [7, 11) is 0. The van der Waals surface area contributed by atoms with Gasteiger partial charge in [0.2, 0.25) is 0 Å². The van der Waals surface area contributed by atoms with Gasteiger partial charge in [0.25, 0.3) is 0 Å². The fourth-order valence-corrected chi connectivity index (χ4v) is 1.96. The molecular weight excluding hydrogens is 263 g/mol. The maximum absolute atomic E-state index is 9.38. The Morgan fingerprint density at radius 2 is 2.07 bits per heavy atom. The minimum Gasteiger partial charge on any atom is -0.393 e. The zero-order valence-electron chi connectivity index (χ0n) is 8.30. The summed E-state index contributed by atoms with van der Waals surface area (Å²) in [5.41, 5.74) is 1.09. The van der Waals surface area contributed by atoms with Gasteiger partial charge in [-0.2, -0.15) is 0 Å². The third-order valence-electron chi connectivity index (χ3n) is 2.38. The van der Waals surface area contributed by atoms with Gasteiger partial charge in [-0.3, -0.25) is 0 Å². The summed E-state index contributed by atoms with van der Waals surface area (Å²) in [4.78, 5) is 0. The highest BCUT2D eigenvalue weighted by atomic mass is 79.9. The maximum Gasteiger partial charge on any atom is 0.0540 e. The van der Waals surface area contributed by atoms with Crippen LogP contribution in [0.5, 0.6) is 0 Å². The van der Waals surface area contributed by atoms with Gasteiger partial charge in [0, 0.05) is 9.50 Å². The van der Waals surface area contributed by atoms with Gasteiger partial charge in [-0.1, -0.05) is 40.5 Å². The third kappa shape index (κ3) is 3.26. The SMILES string of the molecule is CC(O)C(C)Cc1ccc(Br)cc1Cl. The smallest absolute Gasteiger partial charge is 0.0540 e. The zero-order chi connectivity index (χ0) is 10.7. The molecule has 0 aliphatic heterocycles. The molecule has 1 aromatic rings. The predicted octanol–water partition coefficient (Wildman–Crippen LogP) is 3.66. The van der Waals surface area contributed by atoms with Crippen LogP contribution < -0.4 is 0 Å². The summed E-state index contributed by atoms with van der Waals surface area (Å²) in [5, 5.41) is 10.1. The van der Waals surface area contributed by atoms with Gasteiger partial charge in [-0.25, -0.2) is 0 Å². The molecule has 0 amide bonds. The van der Waals surface area contributed by atoms with E-state index in [4.69, 9.17) is 11.6 Å². The topological polar surface area (TPSA) is 20.2 Å². The summed E-state index contributed by atoms with van der Waals surface area (Å²) in [6, 6.07) is 5.84. The molecule has 0 saturated carbocycles. The third-order valence-corrected chi connectivity index (χ3v) is 3.23. The van der Waals surface area contributed by atoms with Crippen LogP contribution in [0.1, 0.15) is 19.4 Å². The molecule has 0 aromatic heterocycles. The lowest BCUT2D eigenvalue weighted by Gasteiger charge is -2.15. The second kappa shape index (κ2) is 5.15. The molecule has 2 unspecified atom stereocenters. The van der Waals surface area contributed by atoms with Crippen LogP contribution >= 0.6 is 27.5 Å². The van der Waals surface area contributed by atoms with Gasteiger partial charge in [-0.15, -0.1) is 0 Å². The Labute approximate surface area is 98.2 Å². The minimum atomic E-state index is -0.297. The van der Waals surface area contributed by atoms with Crippen LogP contribution in [-0.4, -0.2) is 11.2 Å². The summed E-state index contributed by atoms with van der Waals surface area (Å²) in [6.07, 6.45) is 0.513. The molecule has 1 N–H and O–H groups in total. The van der Waals surface area contributed by atoms with E-state index in [2.05, 4.69) is 15.9 Å². The molecule has 0 aliphatic rings. The summed E-state index contributed by atoms with van der Waals surface area (Å²) < 4.78 is 0.982. The van der Waals surface area contributed by atoms with Crippen LogP contribution in [0.4, 0.5) is 0 Å². The van der Waals surface area contributed by atoms with Crippen LogP contribution in [0.3, 0.4) is 0 Å². The lowest BCUT2D eigenvalue weighted by molar-refractivity contribution is 0.135. The first-order valence-electron chi connectivity index (χ1n) is 4.62. The van der Waals surface area contributed by atoms with Gasteiger partial charge in [0.15, 0.2) is 0 Å². The van der Waals surface area contributed by atoms with E-state index in [-0.39, 0.29) is 12.0 Å². The standard InChI is InChI=1S/C11H14BrClO/c1-7(8(2)14)5-9-3-4-10(12)6-11(9)13/h3-4,6-8,14H,5H2,1-2H3. The van der Waals surface area contributed by atoms with Crippen molar-refractivity contribution in [1.29, 1.82) is 0 Å². The van der Waals surface area contributed by atoms with Gasteiger partial charge < -0.3 is 5.11 Å². The van der Waals surface area contributed by atoms with Crippen LogP contribution in [0.2, 0.25) is 5.02 Å². The van der Waals surface area contributed by atoms with Crippen molar-refractivity contribution < 1.29 is 5.11 Å². The van der Waals surface area contributed by atoms with E-state index >= 15 is 0 Å². The number of aliphatic hydroxyl groups excluding tert-OH is 1. The van der Waals surface area contributed by atoms with E-state index in [1.165, 1.54) is 0 Å². The van der Waals surface area contributed by atoms with Crippen LogP contribution in [-0.2, 0) is 6.42 Å². The maximum atomic E-state index is 9.38. The van der Waals surface area contributed by atoms with Crippen molar-refractivity contribution in [2.45, 2.75) is 26.4 Å². The van der Waals surface area contributed by atoms with E-state index in [9.17, 15) is 5.11 Å². The summed E-state index contributed by atoms with van der Waals surface area (Å²) >= 11 is 9.42. The quantitative estimate of drug-likeness (QED) is 0.894. The zero-order valence-corrected chi connectivity index (χ0v) is 10.6. The van der Waals surface area contributed by atoms with Crippen molar-refractivity contribution in [2.24, 2.45) is 5.92 Å². The second-order valence-electron chi connectivity index (χ2n) is 3.66. The average molecular weight is 278 g/mol. The second-order valence-corrected chi connectivity index (χ2v) is 4.98. The highest BCUT2D eigenvalue weighted by Crippen LogP contribution is 2.24. The molecule has 1 rings (SSSR count). The first-order chi connectivity index (χ1) is 6.50. The molecule has 1 nitrogen and oxygen atoms in total. The van der Waals surface area contributed by atoms with Crippen molar-refractivity contribution in [2.75, 3.05) is 0 Å². The molecule has 2 atom stereocenters. The largest absolute Gasteiger partial charge is 0.393 e. The van der Waals surface area contributed by atoms with Gasteiger partial charge in [-0.05, 0) is 37.0 Å². The Hall–Kier alpha value is -0.0500. The molecule has 0 bridgehead atoms. The lowest BCUT2D eigenvalue weighted by atomic mass is 9.97. The van der Waals surface area contributed by atoms with E-state index in [1.807, 2.05) is 25.1 Å². The van der Waals surface area contributed by atoms with Crippen molar-refractivity contribution in [3.8, 4) is 0 Å². The fourth-order valence-electron chi connectivity index (χ4n) is 1.20. The summed E-state index contributed by atoms with van der Waals surface area (Å²) in [6.45, 7) is 3.82. The number of hydrogen-bond acceptors (Lipinski definition) is 1. The highest BCUT2D eigenvalue weighted by Gasteiger charge is 2.11. The first-order valence-corrected chi connectivity index (χ1v) is 5.79.